The Balaban J connectivity index is 2.07. The van der Waals surface area contributed by atoms with E-state index in [-0.39, 0.29) is 6.17 Å². The van der Waals surface area contributed by atoms with Gasteiger partial charge in [0, 0.05) is 11.8 Å². The van der Waals surface area contributed by atoms with Gasteiger partial charge in [0.25, 0.3) is 0 Å². The van der Waals surface area contributed by atoms with E-state index >= 15 is 0 Å². The molecule has 3 rings (SSSR count). The largest absolute Gasteiger partial charge is 0.495 e. The molecular formula is C17H17ClN4O. The summed E-state index contributed by atoms with van der Waals surface area (Å²) in [4.78, 5) is 6.41. The maximum atomic E-state index is 6.25. The quantitative estimate of drug-likeness (QED) is 0.908. The van der Waals surface area contributed by atoms with Gasteiger partial charge in [-0.3, -0.25) is 0 Å². The van der Waals surface area contributed by atoms with Crippen molar-refractivity contribution < 1.29 is 4.74 Å². The summed E-state index contributed by atoms with van der Waals surface area (Å²) in [6, 6.07) is 15.3. The molecule has 0 fully saturated rings. The average Bonchev–Trinajstić information content (AvgIpc) is 2.55. The third kappa shape index (κ3) is 2.96. The predicted octanol–water partition coefficient (Wildman–Crippen LogP) is 3.02. The van der Waals surface area contributed by atoms with Gasteiger partial charge in [-0.2, -0.15) is 0 Å². The molecule has 0 saturated carbocycles. The molecule has 0 saturated heterocycles. The molecule has 5 nitrogen and oxygen atoms in total. The molecule has 0 unspecified atom stereocenters. The number of benzene rings is 2. The van der Waals surface area contributed by atoms with E-state index in [9.17, 15) is 0 Å². The van der Waals surface area contributed by atoms with Crippen LogP contribution in [0.15, 0.2) is 65.4 Å². The number of nitrogens with zero attached hydrogens (tertiary/aromatic N) is 2. The molecule has 1 aliphatic rings. The van der Waals surface area contributed by atoms with Crippen molar-refractivity contribution in [3.05, 3.63) is 71.0 Å². The van der Waals surface area contributed by atoms with Gasteiger partial charge >= 0.3 is 0 Å². The summed E-state index contributed by atoms with van der Waals surface area (Å²) in [5.74, 6) is 1.51. The SMILES string of the molecule is COc1ccc(N2C(N)=CC(N)=N[C@@H]2c2ccccc2)cc1Cl. The molecule has 23 heavy (non-hydrogen) atoms. The predicted molar refractivity (Wildman–Crippen MR) is 93.6 cm³/mol. The van der Waals surface area contributed by atoms with E-state index in [0.29, 0.717) is 22.4 Å². The molecule has 0 aromatic heterocycles. The first kappa shape index (κ1) is 15.2. The van der Waals surface area contributed by atoms with Gasteiger partial charge in [-0.1, -0.05) is 41.9 Å². The summed E-state index contributed by atoms with van der Waals surface area (Å²) in [6.07, 6.45) is 1.29. The first-order valence-electron chi connectivity index (χ1n) is 7.08. The molecule has 1 atom stereocenters. The Bertz CT molecular complexity index is 773. The topological polar surface area (TPSA) is 76.9 Å². The minimum Gasteiger partial charge on any atom is -0.495 e. The highest BCUT2D eigenvalue weighted by molar-refractivity contribution is 6.32. The zero-order chi connectivity index (χ0) is 16.4. The molecular weight excluding hydrogens is 312 g/mol. The van der Waals surface area contributed by atoms with Gasteiger partial charge in [0.15, 0.2) is 6.17 Å². The number of amidine groups is 1. The monoisotopic (exact) mass is 328 g/mol. The highest BCUT2D eigenvalue weighted by Gasteiger charge is 2.26. The molecule has 2 aromatic carbocycles. The van der Waals surface area contributed by atoms with Gasteiger partial charge in [-0.15, -0.1) is 0 Å². The van der Waals surface area contributed by atoms with E-state index in [1.54, 1.807) is 25.3 Å². The van der Waals surface area contributed by atoms with Crippen molar-refractivity contribution in [1.29, 1.82) is 0 Å². The smallest absolute Gasteiger partial charge is 0.154 e. The van der Waals surface area contributed by atoms with Crippen LogP contribution in [0.3, 0.4) is 0 Å². The van der Waals surface area contributed by atoms with Crippen molar-refractivity contribution in [2.45, 2.75) is 6.17 Å². The molecule has 1 aliphatic heterocycles. The van der Waals surface area contributed by atoms with E-state index in [0.717, 1.165) is 11.3 Å². The Labute approximate surface area is 139 Å². The van der Waals surface area contributed by atoms with E-state index in [1.165, 1.54) is 0 Å². The third-order valence-electron chi connectivity index (χ3n) is 3.60. The number of hydrogen-bond donors (Lipinski definition) is 2. The maximum absolute atomic E-state index is 6.25. The highest BCUT2D eigenvalue weighted by atomic mass is 35.5. The summed E-state index contributed by atoms with van der Waals surface area (Å²) < 4.78 is 5.20. The number of anilines is 1. The minimum absolute atomic E-state index is 0.342. The van der Waals surface area contributed by atoms with Crippen molar-refractivity contribution in [3.63, 3.8) is 0 Å². The number of hydrogen-bond acceptors (Lipinski definition) is 5. The zero-order valence-electron chi connectivity index (χ0n) is 12.6. The molecule has 0 bridgehead atoms. The number of nitrogens with two attached hydrogens (primary N) is 2. The fraction of sp³-hybridized carbons (Fsp3) is 0.118. The second-order valence-electron chi connectivity index (χ2n) is 5.10. The maximum Gasteiger partial charge on any atom is 0.154 e. The van der Waals surface area contributed by atoms with Crippen LogP contribution < -0.4 is 21.1 Å². The van der Waals surface area contributed by atoms with Gasteiger partial charge in [-0.05, 0) is 23.8 Å². The van der Waals surface area contributed by atoms with Crippen LogP contribution in [0.4, 0.5) is 5.69 Å². The van der Waals surface area contributed by atoms with Crippen molar-refractivity contribution in [2.24, 2.45) is 16.5 Å². The molecule has 0 amide bonds. The molecule has 6 heteroatoms. The molecule has 0 aliphatic carbocycles. The second kappa shape index (κ2) is 6.22. The second-order valence-corrected chi connectivity index (χ2v) is 5.50. The van der Waals surface area contributed by atoms with Crippen LogP contribution in [-0.2, 0) is 0 Å². The average molecular weight is 329 g/mol. The van der Waals surface area contributed by atoms with Crippen LogP contribution in [-0.4, -0.2) is 12.9 Å². The molecule has 118 valence electrons. The Morgan fingerprint density at radius 3 is 2.52 bits per heavy atom. The minimum atomic E-state index is -0.342. The Hall–Kier alpha value is -2.66. The van der Waals surface area contributed by atoms with E-state index in [1.807, 2.05) is 41.3 Å². The summed E-state index contributed by atoms with van der Waals surface area (Å²) in [6.45, 7) is 0. The summed E-state index contributed by atoms with van der Waals surface area (Å²) in [7, 11) is 1.58. The van der Waals surface area contributed by atoms with E-state index in [2.05, 4.69) is 4.99 Å². The van der Waals surface area contributed by atoms with Gasteiger partial charge in [0.2, 0.25) is 0 Å². The van der Waals surface area contributed by atoms with Crippen molar-refractivity contribution in [1.82, 2.24) is 0 Å². The molecule has 0 radical (unpaired) electrons. The summed E-state index contributed by atoms with van der Waals surface area (Å²) in [5.41, 5.74) is 13.9. The molecule has 4 N–H and O–H groups in total. The van der Waals surface area contributed by atoms with E-state index in [4.69, 9.17) is 27.8 Å². The number of aliphatic imine (C=N–C) groups is 1. The highest BCUT2D eigenvalue weighted by Crippen LogP contribution is 2.36. The zero-order valence-corrected chi connectivity index (χ0v) is 13.4. The molecule has 1 heterocycles. The standard InChI is InChI=1S/C17H17ClN4O/c1-23-14-8-7-12(9-13(14)18)22-16(20)10-15(19)21-17(22)11-5-3-2-4-6-11/h2-10,17H,20H2,1H3,(H2,19,21)/t17-/m0/s1. The van der Waals surface area contributed by atoms with Crippen LogP contribution in [0.2, 0.25) is 5.02 Å². The Morgan fingerprint density at radius 2 is 1.87 bits per heavy atom. The van der Waals surface area contributed by atoms with Crippen LogP contribution in [0, 0.1) is 0 Å². The van der Waals surface area contributed by atoms with E-state index < -0.39 is 0 Å². The Kier molecular flexibility index (Phi) is 4.12. The lowest BCUT2D eigenvalue weighted by molar-refractivity contribution is 0.415. The fourth-order valence-corrected chi connectivity index (χ4v) is 2.79. The summed E-state index contributed by atoms with van der Waals surface area (Å²) in [5, 5.41) is 0.507. The fourth-order valence-electron chi connectivity index (χ4n) is 2.54. The van der Waals surface area contributed by atoms with Crippen LogP contribution >= 0.6 is 11.6 Å². The van der Waals surface area contributed by atoms with Gasteiger partial charge in [0.1, 0.15) is 17.4 Å². The van der Waals surface area contributed by atoms with Crippen molar-refractivity contribution in [2.75, 3.05) is 12.0 Å². The molecule has 0 spiro atoms. The lowest BCUT2D eigenvalue weighted by Crippen LogP contribution is -2.36. The van der Waals surface area contributed by atoms with Gasteiger partial charge in [0.05, 0.1) is 12.1 Å². The lowest BCUT2D eigenvalue weighted by Gasteiger charge is -2.34. The Morgan fingerprint density at radius 1 is 1.13 bits per heavy atom. The number of methoxy groups -OCH3 is 1. The normalized spacial score (nSPS) is 17.5. The first-order valence-corrected chi connectivity index (χ1v) is 7.46. The third-order valence-corrected chi connectivity index (χ3v) is 3.90. The van der Waals surface area contributed by atoms with Gasteiger partial charge in [-0.25, -0.2) is 4.99 Å². The number of halogens is 1. The first-order chi connectivity index (χ1) is 11.1. The summed E-state index contributed by atoms with van der Waals surface area (Å²) >= 11 is 6.25. The van der Waals surface area contributed by atoms with Crippen LogP contribution in [0.1, 0.15) is 11.7 Å². The number of rotatable bonds is 3. The lowest BCUT2D eigenvalue weighted by atomic mass is 10.1. The van der Waals surface area contributed by atoms with Crippen molar-refractivity contribution >= 4 is 23.1 Å². The molecule has 2 aromatic rings. The number of ether oxygens (including phenoxy) is 1. The van der Waals surface area contributed by atoms with Crippen molar-refractivity contribution in [3.8, 4) is 5.75 Å². The van der Waals surface area contributed by atoms with Crippen LogP contribution in [0.25, 0.3) is 0 Å². The van der Waals surface area contributed by atoms with Crippen LogP contribution in [0.5, 0.6) is 5.75 Å². The van der Waals surface area contributed by atoms with Gasteiger partial charge < -0.3 is 21.1 Å².